The van der Waals surface area contributed by atoms with Crippen molar-refractivity contribution in [2.24, 2.45) is 11.8 Å². The van der Waals surface area contributed by atoms with Gasteiger partial charge in [-0.15, -0.1) is 0 Å². The van der Waals surface area contributed by atoms with E-state index in [2.05, 4.69) is 17.1 Å². The molecule has 2 aliphatic heterocycles. The number of nitrogens with one attached hydrogen (secondary N) is 1. The lowest BCUT2D eigenvalue weighted by molar-refractivity contribution is 0.0916. The van der Waals surface area contributed by atoms with Gasteiger partial charge in [-0.1, -0.05) is 13.3 Å². The predicted octanol–water partition coefficient (Wildman–Crippen LogP) is 1.33. The number of nitrogens with zero attached hydrogens (tertiary/aromatic N) is 1. The van der Waals surface area contributed by atoms with Crippen molar-refractivity contribution in [3.63, 3.8) is 0 Å². The summed E-state index contributed by atoms with van der Waals surface area (Å²) in [6.07, 6.45) is 4.20. The summed E-state index contributed by atoms with van der Waals surface area (Å²) in [7, 11) is 0. The normalized spacial score (nSPS) is 30.7. The molecule has 0 amide bonds. The molecule has 1 N–H and O–H groups in total. The van der Waals surface area contributed by atoms with Crippen LogP contribution in [0.3, 0.4) is 0 Å². The predicted molar refractivity (Wildman–Crippen MR) is 55.8 cm³/mol. The molecule has 0 aromatic carbocycles. The third-order valence-electron chi connectivity index (χ3n) is 3.63. The quantitative estimate of drug-likeness (QED) is 0.705. The number of hydrogen-bond acceptors (Lipinski definition) is 2. The zero-order chi connectivity index (χ0) is 9.10. The van der Waals surface area contributed by atoms with Crippen LogP contribution in [0.15, 0.2) is 0 Å². The Morgan fingerprint density at radius 2 is 2.15 bits per heavy atom. The molecule has 0 bridgehead atoms. The molecule has 0 aromatic heterocycles. The Labute approximate surface area is 81.7 Å². The maximum absolute atomic E-state index is 3.43. The SMILES string of the molecule is CCC1CN(CCC2CCNC2)C1. The van der Waals surface area contributed by atoms with Gasteiger partial charge in [-0.3, -0.25) is 0 Å². The van der Waals surface area contributed by atoms with E-state index in [9.17, 15) is 0 Å². The Bertz CT molecular complexity index is 146. The highest BCUT2D eigenvalue weighted by Gasteiger charge is 2.25. The number of hydrogen-bond donors (Lipinski definition) is 1. The fourth-order valence-corrected chi connectivity index (χ4v) is 2.44. The second kappa shape index (κ2) is 4.43. The van der Waals surface area contributed by atoms with E-state index in [1.54, 1.807) is 0 Å². The van der Waals surface area contributed by atoms with Gasteiger partial charge in [0, 0.05) is 13.1 Å². The monoisotopic (exact) mass is 182 g/mol. The highest BCUT2D eigenvalue weighted by atomic mass is 15.2. The molecule has 1 unspecified atom stereocenters. The summed E-state index contributed by atoms with van der Waals surface area (Å²) in [5.74, 6) is 1.99. The molecular weight excluding hydrogens is 160 g/mol. The molecule has 0 radical (unpaired) electrons. The van der Waals surface area contributed by atoms with E-state index in [0.29, 0.717) is 0 Å². The summed E-state index contributed by atoms with van der Waals surface area (Å²) < 4.78 is 0. The molecule has 0 spiro atoms. The van der Waals surface area contributed by atoms with E-state index in [1.807, 2.05) is 0 Å². The lowest BCUT2D eigenvalue weighted by Crippen LogP contribution is -2.46. The van der Waals surface area contributed by atoms with Crippen LogP contribution in [0.25, 0.3) is 0 Å². The topological polar surface area (TPSA) is 15.3 Å². The van der Waals surface area contributed by atoms with Crippen LogP contribution in [0.5, 0.6) is 0 Å². The zero-order valence-electron chi connectivity index (χ0n) is 8.76. The molecule has 0 aromatic rings. The molecule has 13 heavy (non-hydrogen) atoms. The molecule has 0 aliphatic carbocycles. The maximum atomic E-state index is 3.43. The highest BCUT2D eigenvalue weighted by Crippen LogP contribution is 2.20. The molecular formula is C11H22N2. The zero-order valence-corrected chi connectivity index (χ0v) is 8.76. The van der Waals surface area contributed by atoms with Crippen LogP contribution in [0.1, 0.15) is 26.2 Å². The van der Waals surface area contributed by atoms with Crippen molar-refractivity contribution in [2.45, 2.75) is 26.2 Å². The largest absolute Gasteiger partial charge is 0.316 e. The van der Waals surface area contributed by atoms with Gasteiger partial charge >= 0.3 is 0 Å². The summed E-state index contributed by atoms with van der Waals surface area (Å²) in [4.78, 5) is 2.62. The number of likely N-dealkylation sites (tertiary alicyclic amines) is 1. The fraction of sp³-hybridized carbons (Fsp3) is 1.00. The van der Waals surface area contributed by atoms with E-state index in [1.165, 1.54) is 52.0 Å². The highest BCUT2D eigenvalue weighted by molar-refractivity contribution is 4.80. The van der Waals surface area contributed by atoms with Crippen molar-refractivity contribution in [2.75, 3.05) is 32.7 Å². The van der Waals surface area contributed by atoms with Gasteiger partial charge in [0.2, 0.25) is 0 Å². The van der Waals surface area contributed by atoms with E-state index in [4.69, 9.17) is 0 Å². The van der Waals surface area contributed by atoms with Crippen LogP contribution < -0.4 is 5.32 Å². The van der Waals surface area contributed by atoms with Gasteiger partial charge < -0.3 is 10.2 Å². The minimum atomic E-state index is 0.973. The van der Waals surface area contributed by atoms with E-state index in [0.717, 1.165) is 11.8 Å². The molecule has 2 nitrogen and oxygen atoms in total. The minimum Gasteiger partial charge on any atom is -0.316 e. The number of rotatable bonds is 4. The van der Waals surface area contributed by atoms with Gasteiger partial charge in [-0.25, -0.2) is 0 Å². The van der Waals surface area contributed by atoms with Crippen molar-refractivity contribution < 1.29 is 0 Å². The molecule has 0 saturated carbocycles. The van der Waals surface area contributed by atoms with Crippen LogP contribution in [0, 0.1) is 11.8 Å². The van der Waals surface area contributed by atoms with Crippen LogP contribution in [0.4, 0.5) is 0 Å². The van der Waals surface area contributed by atoms with Crippen LogP contribution in [0.2, 0.25) is 0 Å². The maximum Gasteiger partial charge on any atom is 0.00219 e. The fourth-order valence-electron chi connectivity index (χ4n) is 2.44. The van der Waals surface area contributed by atoms with Gasteiger partial charge in [0.15, 0.2) is 0 Å². The minimum absolute atomic E-state index is 0.973. The molecule has 2 heterocycles. The van der Waals surface area contributed by atoms with Gasteiger partial charge in [-0.2, -0.15) is 0 Å². The smallest absolute Gasteiger partial charge is 0.00219 e. The second-order valence-corrected chi connectivity index (χ2v) is 4.68. The first-order chi connectivity index (χ1) is 6.38. The summed E-state index contributed by atoms with van der Waals surface area (Å²) in [6.45, 7) is 8.92. The summed E-state index contributed by atoms with van der Waals surface area (Å²) in [5, 5.41) is 3.43. The first kappa shape index (κ1) is 9.47. The van der Waals surface area contributed by atoms with Crippen molar-refractivity contribution in [3.05, 3.63) is 0 Å². The van der Waals surface area contributed by atoms with Crippen LogP contribution in [-0.4, -0.2) is 37.6 Å². The molecule has 2 saturated heterocycles. The van der Waals surface area contributed by atoms with Crippen molar-refractivity contribution in [3.8, 4) is 0 Å². The average Bonchev–Trinajstić information content (AvgIpc) is 2.54. The molecule has 1 atom stereocenters. The average molecular weight is 182 g/mol. The van der Waals surface area contributed by atoms with Gasteiger partial charge in [0.25, 0.3) is 0 Å². The summed E-state index contributed by atoms with van der Waals surface area (Å²) in [6, 6.07) is 0. The Kier molecular flexibility index (Phi) is 3.23. The molecule has 2 aliphatic rings. The third kappa shape index (κ3) is 2.44. The van der Waals surface area contributed by atoms with E-state index >= 15 is 0 Å². The Balaban J connectivity index is 1.54. The standard InChI is InChI=1S/C11H22N2/c1-2-10-8-13(9-10)6-4-11-3-5-12-7-11/h10-12H,2-9H2,1H3. The third-order valence-corrected chi connectivity index (χ3v) is 3.63. The first-order valence-electron chi connectivity index (χ1n) is 5.81. The Hall–Kier alpha value is -0.0800. The summed E-state index contributed by atoms with van der Waals surface area (Å²) in [5.41, 5.74) is 0. The van der Waals surface area contributed by atoms with Crippen molar-refractivity contribution >= 4 is 0 Å². The lowest BCUT2D eigenvalue weighted by atomic mass is 9.96. The Morgan fingerprint density at radius 1 is 1.31 bits per heavy atom. The second-order valence-electron chi connectivity index (χ2n) is 4.68. The van der Waals surface area contributed by atoms with Crippen LogP contribution in [-0.2, 0) is 0 Å². The van der Waals surface area contributed by atoms with Crippen molar-refractivity contribution in [1.29, 1.82) is 0 Å². The molecule has 76 valence electrons. The van der Waals surface area contributed by atoms with Gasteiger partial charge in [-0.05, 0) is 44.3 Å². The molecule has 2 rings (SSSR count). The van der Waals surface area contributed by atoms with Crippen LogP contribution >= 0.6 is 0 Å². The summed E-state index contributed by atoms with van der Waals surface area (Å²) >= 11 is 0. The van der Waals surface area contributed by atoms with Crippen molar-refractivity contribution in [1.82, 2.24) is 10.2 Å². The lowest BCUT2D eigenvalue weighted by Gasteiger charge is -2.39. The van der Waals surface area contributed by atoms with E-state index in [-0.39, 0.29) is 0 Å². The van der Waals surface area contributed by atoms with E-state index < -0.39 is 0 Å². The first-order valence-corrected chi connectivity index (χ1v) is 5.81. The van der Waals surface area contributed by atoms with Gasteiger partial charge in [0.05, 0.1) is 0 Å². The van der Waals surface area contributed by atoms with Gasteiger partial charge in [0.1, 0.15) is 0 Å². The molecule has 2 heteroatoms. The Morgan fingerprint density at radius 3 is 2.77 bits per heavy atom. The molecule has 2 fully saturated rings.